The van der Waals surface area contributed by atoms with Crippen molar-refractivity contribution in [2.45, 2.75) is 13.5 Å². The van der Waals surface area contributed by atoms with Crippen molar-refractivity contribution in [2.75, 3.05) is 20.4 Å². The summed E-state index contributed by atoms with van der Waals surface area (Å²) < 4.78 is 14.5. The SMILES string of the molecule is CCOC(=O)NCOCc1ccc(C(=O)OC)cc1. The summed E-state index contributed by atoms with van der Waals surface area (Å²) in [7, 11) is 1.33. The summed E-state index contributed by atoms with van der Waals surface area (Å²) in [4.78, 5) is 22.1. The third-order valence-electron chi connectivity index (χ3n) is 2.24. The highest BCUT2D eigenvalue weighted by atomic mass is 16.6. The number of ether oxygens (including phenoxy) is 3. The van der Waals surface area contributed by atoms with Gasteiger partial charge < -0.3 is 14.2 Å². The Morgan fingerprint density at radius 1 is 1.21 bits per heavy atom. The lowest BCUT2D eigenvalue weighted by Gasteiger charge is -2.07. The topological polar surface area (TPSA) is 73.9 Å². The van der Waals surface area contributed by atoms with E-state index >= 15 is 0 Å². The number of hydrogen-bond acceptors (Lipinski definition) is 5. The largest absolute Gasteiger partial charge is 0.465 e. The average molecular weight is 267 g/mol. The Morgan fingerprint density at radius 3 is 2.47 bits per heavy atom. The van der Waals surface area contributed by atoms with Gasteiger partial charge in [0, 0.05) is 0 Å². The molecule has 1 N–H and O–H groups in total. The van der Waals surface area contributed by atoms with E-state index in [4.69, 9.17) is 4.74 Å². The Balaban J connectivity index is 2.30. The minimum absolute atomic E-state index is 0.0671. The Bertz CT molecular complexity index is 416. The zero-order chi connectivity index (χ0) is 14.1. The molecule has 19 heavy (non-hydrogen) atoms. The van der Waals surface area contributed by atoms with Crippen LogP contribution in [0.5, 0.6) is 0 Å². The third-order valence-corrected chi connectivity index (χ3v) is 2.24. The van der Waals surface area contributed by atoms with Gasteiger partial charge in [-0.05, 0) is 24.6 Å². The molecule has 1 amide bonds. The third kappa shape index (κ3) is 5.39. The van der Waals surface area contributed by atoms with Crippen molar-refractivity contribution in [1.29, 1.82) is 0 Å². The standard InChI is InChI=1S/C13H17NO5/c1-3-19-13(16)14-9-18-8-10-4-6-11(7-5-10)12(15)17-2/h4-7H,3,8-9H2,1-2H3,(H,14,16). The van der Waals surface area contributed by atoms with Crippen LogP contribution in [0.2, 0.25) is 0 Å². The van der Waals surface area contributed by atoms with Crippen LogP contribution in [0, 0.1) is 0 Å². The van der Waals surface area contributed by atoms with Crippen LogP contribution in [0.25, 0.3) is 0 Å². The van der Waals surface area contributed by atoms with Gasteiger partial charge in [-0.2, -0.15) is 0 Å². The van der Waals surface area contributed by atoms with E-state index in [9.17, 15) is 9.59 Å². The van der Waals surface area contributed by atoms with Gasteiger partial charge in [0.25, 0.3) is 0 Å². The second kappa shape index (κ2) is 8.10. The van der Waals surface area contributed by atoms with E-state index in [1.165, 1.54) is 7.11 Å². The summed E-state index contributed by atoms with van der Waals surface area (Å²) in [6.45, 7) is 2.44. The predicted octanol–water partition coefficient (Wildman–Crippen LogP) is 1.69. The van der Waals surface area contributed by atoms with Gasteiger partial charge in [-0.1, -0.05) is 12.1 Å². The first kappa shape index (κ1) is 15.0. The molecule has 0 unspecified atom stereocenters. The van der Waals surface area contributed by atoms with Crippen molar-refractivity contribution >= 4 is 12.1 Å². The van der Waals surface area contributed by atoms with E-state index < -0.39 is 6.09 Å². The fourth-order valence-corrected chi connectivity index (χ4v) is 1.32. The molecule has 0 spiro atoms. The van der Waals surface area contributed by atoms with Gasteiger partial charge in [-0.3, -0.25) is 5.32 Å². The molecule has 0 heterocycles. The molecule has 0 aliphatic carbocycles. The Labute approximate surface area is 111 Å². The van der Waals surface area contributed by atoms with Crippen LogP contribution in [0.15, 0.2) is 24.3 Å². The average Bonchev–Trinajstić information content (AvgIpc) is 2.44. The maximum atomic E-state index is 11.2. The lowest BCUT2D eigenvalue weighted by Crippen LogP contribution is -2.26. The highest BCUT2D eigenvalue weighted by molar-refractivity contribution is 5.89. The molecule has 1 rings (SSSR count). The normalized spacial score (nSPS) is 9.79. The first-order valence-electron chi connectivity index (χ1n) is 5.83. The molecule has 0 aromatic heterocycles. The lowest BCUT2D eigenvalue weighted by atomic mass is 10.1. The van der Waals surface area contributed by atoms with Gasteiger partial charge in [0.2, 0.25) is 0 Å². The Kier molecular flexibility index (Phi) is 6.38. The Morgan fingerprint density at radius 2 is 1.89 bits per heavy atom. The second-order valence-electron chi connectivity index (χ2n) is 3.58. The molecule has 0 radical (unpaired) electrons. The summed E-state index contributed by atoms with van der Waals surface area (Å²) in [6, 6.07) is 6.83. The molecule has 0 fully saturated rings. The molecular weight excluding hydrogens is 250 g/mol. The van der Waals surface area contributed by atoms with E-state index in [0.29, 0.717) is 18.8 Å². The molecule has 0 bridgehead atoms. The van der Waals surface area contributed by atoms with Gasteiger partial charge in [0.15, 0.2) is 0 Å². The molecule has 1 aromatic rings. The van der Waals surface area contributed by atoms with Crippen LogP contribution in [-0.4, -0.2) is 32.5 Å². The van der Waals surface area contributed by atoms with Crippen LogP contribution < -0.4 is 5.32 Å². The van der Waals surface area contributed by atoms with Crippen LogP contribution >= 0.6 is 0 Å². The number of carbonyl (C=O) groups is 2. The molecule has 0 saturated carbocycles. The minimum Gasteiger partial charge on any atom is -0.465 e. The molecule has 0 aliphatic heterocycles. The summed E-state index contributed by atoms with van der Waals surface area (Å²) in [5.41, 5.74) is 1.37. The number of rotatable bonds is 6. The number of benzene rings is 1. The smallest absolute Gasteiger partial charge is 0.408 e. The van der Waals surface area contributed by atoms with Crippen molar-refractivity contribution < 1.29 is 23.8 Å². The van der Waals surface area contributed by atoms with Gasteiger partial charge in [0.1, 0.15) is 6.73 Å². The van der Waals surface area contributed by atoms with Crippen LogP contribution in [0.4, 0.5) is 4.79 Å². The van der Waals surface area contributed by atoms with Crippen molar-refractivity contribution in [2.24, 2.45) is 0 Å². The fourth-order valence-electron chi connectivity index (χ4n) is 1.32. The monoisotopic (exact) mass is 267 g/mol. The van der Waals surface area contributed by atoms with Crippen molar-refractivity contribution in [3.63, 3.8) is 0 Å². The second-order valence-corrected chi connectivity index (χ2v) is 3.58. The van der Waals surface area contributed by atoms with Gasteiger partial charge >= 0.3 is 12.1 Å². The minimum atomic E-state index is -0.511. The molecule has 6 heteroatoms. The van der Waals surface area contributed by atoms with Crippen LogP contribution in [-0.2, 0) is 20.8 Å². The number of amides is 1. The number of esters is 1. The van der Waals surface area contributed by atoms with Crippen molar-refractivity contribution in [3.8, 4) is 0 Å². The van der Waals surface area contributed by atoms with Gasteiger partial charge in [-0.25, -0.2) is 9.59 Å². The quantitative estimate of drug-likeness (QED) is 0.482. The van der Waals surface area contributed by atoms with Gasteiger partial charge in [0.05, 0.1) is 25.9 Å². The molecule has 1 aromatic carbocycles. The van der Waals surface area contributed by atoms with Crippen LogP contribution in [0.1, 0.15) is 22.8 Å². The van der Waals surface area contributed by atoms with E-state index in [0.717, 1.165) is 5.56 Å². The van der Waals surface area contributed by atoms with Crippen molar-refractivity contribution in [3.05, 3.63) is 35.4 Å². The molecule has 104 valence electrons. The number of nitrogens with one attached hydrogen (secondary N) is 1. The summed E-state index contributed by atoms with van der Waals surface area (Å²) >= 11 is 0. The number of alkyl carbamates (subject to hydrolysis) is 1. The first-order chi connectivity index (χ1) is 9.17. The summed E-state index contributed by atoms with van der Waals surface area (Å²) in [5, 5.41) is 2.44. The van der Waals surface area contributed by atoms with Crippen molar-refractivity contribution in [1.82, 2.24) is 5.32 Å². The zero-order valence-corrected chi connectivity index (χ0v) is 11.0. The molecule has 0 saturated heterocycles. The first-order valence-corrected chi connectivity index (χ1v) is 5.83. The zero-order valence-electron chi connectivity index (χ0n) is 11.0. The number of methoxy groups -OCH3 is 1. The molecular formula is C13H17NO5. The highest BCUT2D eigenvalue weighted by Crippen LogP contribution is 2.06. The number of hydrogen-bond donors (Lipinski definition) is 1. The highest BCUT2D eigenvalue weighted by Gasteiger charge is 2.04. The summed E-state index contributed by atoms with van der Waals surface area (Å²) in [5.74, 6) is -0.378. The van der Waals surface area contributed by atoms with E-state index in [1.54, 1.807) is 31.2 Å². The maximum absolute atomic E-state index is 11.2. The lowest BCUT2D eigenvalue weighted by molar-refractivity contribution is 0.0600. The van der Waals surface area contributed by atoms with Gasteiger partial charge in [-0.15, -0.1) is 0 Å². The predicted molar refractivity (Wildman–Crippen MR) is 67.6 cm³/mol. The molecule has 6 nitrogen and oxygen atoms in total. The summed E-state index contributed by atoms with van der Waals surface area (Å²) in [6.07, 6.45) is -0.511. The van der Waals surface area contributed by atoms with E-state index in [2.05, 4.69) is 14.8 Å². The molecule has 0 aliphatic rings. The van der Waals surface area contributed by atoms with E-state index in [1.807, 2.05) is 0 Å². The Hall–Kier alpha value is -2.08. The van der Waals surface area contributed by atoms with Crippen LogP contribution in [0.3, 0.4) is 0 Å². The molecule has 0 atom stereocenters. The maximum Gasteiger partial charge on any atom is 0.408 e. The van der Waals surface area contributed by atoms with E-state index in [-0.39, 0.29) is 12.7 Å². The number of carbonyl (C=O) groups excluding carboxylic acids is 2. The fraction of sp³-hybridized carbons (Fsp3) is 0.385.